The van der Waals surface area contributed by atoms with Crippen LogP contribution in [0.4, 0.5) is 10.1 Å². The van der Waals surface area contributed by atoms with E-state index in [1.807, 2.05) is 0 Å². The minimum absolute atomic E-state index is 0. The van der Waals surface area contributed by atoms with Gasteiger partial charge in [0.15, 0.2) is 6.61 Å². The maximum absolute atomic E-state index is 15.3. The van der Waals surface area contributed by atoms with E-state index in [4.69, 9.17) is 4.74 Å². The normalized spacial score (nSPS) is 19.6. The number of hydrogen-bond acceptors (Lipinski definition) is 11. The number of anilines is 1. The standard InChI is InChI=1S/C29H29FN6O9S2.Na.H/c30-21-12-19-22(35(17-6-7-17)14-20(26(19)38)29(40)41)13-23(21)33-8-10-34(11-9-33)31-16-46-28-25(27(39)36(28)47(42,43)44)32-24(37)15-45-18-4-2-1-3-5-18;;/h1-5,12-14,16-17,25,28H,6-11,15H2,(H,32,37)(H,40,41)(H,42,43,44);;/t25-,28?;;/m0../s1. The Kier molecular flexibility index (Phi) is 10.7. The molecule has 2 amide bonds. The van der Waals surface area contributed by atoms with Gasteiger partial charge < -0.3 is 24.6 Å². The molecule has 2 aromatic carbocycles. The van der Waals surface area contributed by atoms with Gasteiger partial charge in [-0.2, -0.15) is 17.8 Å². The third-order valence-corrected chi connectivity index (χ3v) is 9.97. The van der Waals surface area contributed by atoms with Crippen molar-refractivity contribution in [1.82, 2.24) is 19.2 Å². The number of carbonyl (C=O) groups excluding carboxylic acids is 2. The van der Waals surface area contributed by atoms with Crippen LogP contribution in [0.3, 0.4) is 0 Å². The Morgan fingerprint density at radius 3 is 2.42 bits per heavy atom. The molecular weight excluding hydrogens is 682 g/mol. The Hall–Kier alpha value is -3.68. The van der Waals surface area contributed by atoms with Crippen molar-refractivity contribution < 1.29 is 41.6 Å². The molecule has 6 rings (SSSR count). The van der Waals surface area contributed by atoms with E-state index in [0.29, 0.717) is 37.4 Å². The fraction of sp³-hybridized carbons (Fsp3) is 0.345. The second kappa shape index (κ2) is 14.4. The summed E-state index contributed by atoms with van der Waals surface area (Å²) in [6, 6.07) is 9.92. The van der Waals surface area contributed by atoms with E-state index in [1.165, 1.54) is 11.7 Å². The number of para-hydroxylation sites is 1. The van der Waals surface area contributed by atoms with Crippen molar-refractivity contribution >= 4 is 91.5 Å². The number of pyridine rings is 1. The molecule has 3 aromatic rings. The van der Waals surface area contributed by atoms with Gasteiger partial charge in [-0.05, 0) is 37.1 Å². The fourth-order valence-corrected chi connectivity index (χ4v) is 7.52. The van der Waals surface area contributed by atoms with Gasteiger partial charge in [0.25, 0.3) is 11.8 Å². The number of ether oxygens (including phenoxy) is 1. The number of nitrogens with one attached hydrogen (secondary N) is 1. The molecule has 0 radical (unpaired) electrons. The number of hydrogen-bond donors (Lipinski definition) is 3. The average Bonchev–Trinajstić information content (AvgIpc) is 3.88. The molecule has 3 fully saturated rings. The van der Waals surface area contributed by atoms with Crippen molar-refractivity contribution in [3.63, 3.8) is 0 Å². The van der Waals surface area contributed by atoms with Gasteiger partial charge >= 0.3 is 45.8 Å². The molecule has 2 aliphatic heterocycles. The van der Waals surface area contributed by atoms with Crippen LogP contribution in [0, 0.1) is 5.82 Å². The molecular formula is C29H30FN6NaO9S2. The third kappa shape index (κ3) is 7.47. The van der Waals surface area contributed by atoms with Gasteiger partial charge in [-0.3, -0.25) is 23.9 Å². The number of aromatic carboxylic acids is 1. The summed E-state index contributed by atoms with van der Waals surface area (Å²) >= 11 is 0.805. The third-order valence-electron chi connectivity index (χ3n) is 7.96. The van der Waals surface area contributed by atoms with Crippen molar-refractivity contribution in [3.8, 4) is 5.75 Å². The molecule has 15 nitrogen and oxygen atoms in total. The molecule has 0 spiro atoms. The molecule has 2 saturated heterocycles. The molecule has 250 valence electrons. The average molecular weight is 713 g/mol. The van der Waals surface area contributed by atoms with Gasteiger partial charge in [-0.15, -0.1) is 0 Å². The Bertz CT molecular complexity index is 1940. The first-order valence-corrected chi connectivity index (χ1v) is 16.8. The number of piperazine rings is 1. The molecule has 1 aromatic heterocycles. The van der Waals surface area contributed by atoms with Crippen LogP contribution in [0.1, 0.15) is 29.2 Å². The second-order valence-electron chi connectivity index (χ2n) is 11.1. The number of halogens is 1. The van der Waals surface area contributed by atoms with Gasteiger partial charge in [0.1, 0.15) is 28.5 Å². The van der Waals surface area contributed by atoms with Crippen LogP contribution in [0.25, 0.3) is 10.9 Å². The number of aromatic nitrogens is 1. The van der Waals surface area contributed by atoms with Gasteiger partial charge in [-0.25, -0.2) is 9.18 Å². The molecule has 1 unspecified atom stereocenters. The summed E-state index contributed by atoms with van der Waals surface area (Å²) in [6.45, 7) is 0.930. The zero-order valence-electron chi connectivity index (χ0n) is 24.6. The van der Waals surface area contributed by atoms with E-state index in [9.17, 15) is 37.3 Å². The Morgan fingerprint density at radius 2 is 1.79 bits per heavy atom. The van der Waals surface area contributed by atoms with Crippen molar-refractivity contribution in [1.29, 1.82) is 0 Å². The van der Waals surface area contributed by atoms with Crippen molar-refractivity contribution in [2.24, 2.45) is 5.10 Å². The second-order valence-corrected chi connectivity index (χ2v) is 13.3. The van der Waals surface area contributed by atoms with E-state index >= 15 is 4.39 Å². The number of carboxylic acids is 1. The van der Waals surface area contributed by atoms with Crippen molar-refractivity contribution in [2.45, 2.75) is 30.3 Å². The summed E-state index contributed by atoms with van der Waals surface area (Å²) in [4.78, 5) is 51.1. The molecule has 1 aliphatic carbocycles. The summed E-state index contributed by atoms with van der Waals surface area (Å²) in [6.07, 6.45) is 2.97. The van der Waals surface area contributed by atoms with Crippen LogP contribution < -0.4 is 20.4 Å². The first kappa shape index (κ1) is 35.6. The van der Waals surface area contributed by atoms with Gasteiger partial charge in [-0.1, -0.05) is 30.0 Å². The molecule has 48 heavy (non-hydrogen) atoms. The van der Waals surface area contributed by atoms with Crippen LogP contribution in [-0.4, -0.2) is 129 Å². The van der Waals surface area contributed by atoms with Crippen LogP contribution in [0.2, 0.25) is 0 Å². The molecule has 0 bridgehead atoms. The topological polar surface area (TPSA) is 191 Å². The van der Waals surface area contributed by atoms with E-state index in [1.54, 1.807) is 50.9 Å². The van der Waals surface area contributed by atoms with Gasteiger partial charge in [0, 0.05) is 30.7 Å². The summed E-state index contributed by atoms with van der Waals surface area (Å²) in [5.74, 6) is -3.28. The van der Waals surface area contributed by atoms with E-state index in [0.717, 1.165) is 30.7 Å². The number of β-lactam (4-membered cyclic amide) rings is 1. The number of carboxylic acid groups (broad SMARTS) is 1. The summed E-state index contributed by atoms with van der Waals surface area (Å²) in [5.41, 5.74) is 0.879. The van der Waals surface area contributed by atoms with Crippen LogP contribution in [0.5, 0.6) is 5.75 Å². The molecule has 1 saturated carbocycles. The first-order valence-electron chi connectivity index (χ1n) is 14.5. The number of hydrazone groups is 1. The van der Waals surface area contributed by atoms with Crippen LogP contribution in [0.15, 0.2) is 58.6 Å². The summed E-state index contributed by atoms with van der Waals surface area (Å²) < 4.78 is 55.8. The number of carbonyl (C=O) groups is 3. The van der Waals surface area contributed by atoms with Gasteiger partial charge in [0.2, 0.25) is 5.43 Å². The predicted octanol–water partition coefficient (Wildman–Crippen LogP) is 0.859. The van der Waals surface area contributed by atoms with E-state index in [-0.39, 0.29) is 51.0 Å². The zero-order chi connectivity index (χ0) is 33.5. The summed E-state index contributed by atoms with van der Waals surface area (Å²) in [7, 11) is -4.90. The molecule has 3 N–H and O–H groups in total. The van der Waals surface area contributed by atoms with E-state index < -0.39 is 62.9 Å². The SMILES string of the molecule is O=C(COc1ccccc1)N[C@H]1C(=O)N(S(=O)(=O)O)C1SC=NN1CCN(c2cc3c(cc2F)c(=O)c(C(=O)O)cn3C2CC2)CC1.[NaH]. The van der Waals surface area contributed by atoms with Crippen LogP contribution >= 0.6 is 11.8 Å². The Labute approximate surface area is 299 Å². The number of nitrogens with zero attached hydrogens (tertiary/aromatic N) is 5. The Balaban J connectivity index is 0.00000451. The number of rotatable bonds is 11. The summed E-state index contributed by atoms with van der Waals surface area (Å²) in [5, 5.41) is 16.7. The quantitative estimate of drug-likeness (QED) is 0.0837. The van der Waals surface area contributed by atoms with Gasteiger partial charge in [0.05, 0.1) is 29.8 Å². The number of fused-ring (bicyclic) bond motifs is 1. The molecule has 19 heteroatoms. The van der Waals surface area contributed by atoms with Crippen molar-refractivity contribution in [3.05, 3.63) is 70.3 Å². The molecule has 3 aliphatic rings. The van der Waals surface area contributed by atoms with Crippen LogP contribution in [-0.2, 0) is 19.9 Å². The fourth-order valence-electron chi connectivity index (χ4n) is 5.45. The van der Waals surface area contributed by atoms with E-state index in [2.05, 4.69) is 10.4 Å². The Morgan fingerprint density at radius 1 is 1.10 bits per heavy atom. The number of benzene rings is 2. The van der Waals surface area contributed by atoms with Crippen molar-refractivity contribution in [2.75, 3.05) is 37.7 Å². The number of thioether (sulfide) groups is 1. The number of amides is 2. The minimum atomic E-state index is -4.90. The molecule has 3 heterocycles. The molecule has 2 atom stereocenters. The monoisotopic (exact) mass is 712 g/mol. The first-order chi connectivity index (χ1) is 22.4. The zero-order valence-corrected chi connectivity index (χ0v) is 26.2. The predicted molar refractivity (Wildman–Crippen MR) is 176 cm³/mol. The maximum atomic E-state index is 15.3.